The average Bonchev–Trinajstić information content (AvgIpc) is 2.57. The van der Waals surface area contributed by atoms with Gasteiger partial charge in [-0.05, 0) is 25.1 Å². The highest BCUT2D eigenvalue weighted by atomic mass is 16.3. The Hall–Kier alpha value is -1.62. The summed E-state index contributed by atoms with van der Waals surface area (Å²) in [5.74, 6) is 1.05. The van der Waals surface area contributed by atoms with Crippen molar-refractivity contribution < 1.29 is 5.11 Å². The van der Waals surface area contributed by atoms with Crippen LogP contribution in [0.2, 0.25) is 0 Å². The van der Waals surface area contributed by atoms with E-state index in [4.69, 9.17) is 5.73 Å². The van der Waals surface area contributed by atoms with Gasteiger partial charge in [0.05, 0.1) is 6.20 Å². The number of fused-ring (bicyclic) bond motifs is 1. The number of hydrogen-bond acceptors (Lipinski definition) is 4. The SMILES string of the molecule is NCCCc1nnc2ccc(O)cn12. The molecule has 2 aromatic rings. The fourth-order valence-corrected chi connectivity index (χ4v) is 1.36. The predicted octanol–water partition coefficient (Wildman–Crippen LogP) is 0.326. The van der Waals surface area contributed by atoms with E-state index >= 15 is 0 Å². The molecule has 0 amide bonds. The molecule has 2 heterocycles. The Morgan fingerprint density at radius 2 is 2.21 bits per heavy atom. The number of aromatic hydroxyl groups is 1. The molecule has 0 radical (unpaired) electrons. The highest BCUT2D eigenvalue weighted by Gasteiger charge is 2.04. The van der Waals surface area contributed by atoms with Crippen molar-refractivity contribution in [2.75, 3.05) is 6.54 Å². The standard InChI is InChI=1S/C9H12N4O/c10-5-1-2-8-11-12-9-4-3-7(14)6-13(8)9/h3-4,6,14H,1-2,5,10H2. The first-order chi connectivity index (χ1) is 6.81. The van der Waals surface area contributed by atoms with E-state index in [-0.39, 0.29) is 5.75 Å². The van der Waals surface area contributed by atoms with Crippen LogP contribution in [0.3, 0.4) is 0 Å². The van der Waals surface area contributed by atoms with E-state index in [1.54, 1.807) is 22.7 Å². The predicted molar refractivity (Wildman–Crippen MR) is 52.0 cm³/mol. The zero-order valence-corrected chi connectivity index (χ0v) is 7.72. The van der Waals surface area contributed by atoms with Crippen LogP contribution in [-0.2, 0) is 6.42 Å². The third kappa shape index (κ3) is 1.54. The molecule has 14 heavy (non-hydrogen) atoms. The minimum atomic E-state index is 0.214. The van der Waals surface area contributed by atoms with Crippen molar-refractivity contribution in [3.05, 3.63) is 24.2 Å². The summed E-state index contributed by atoms with van der Waals surface area (Å²) in [6.45, 7) is 0.633. The van der Waals surface area contributed by atoms with Crippen LogP contribution in [0.4, 0.5) is 0 Å². The van der Waals surface area contributed by atoms with Gasteiger partial charge in [-0.15, -0.1) is 10.2 Å². The highest BCUT2D eigenvalue weighted by molar-refractivity contribution is 5.40. The van der Waals surface area contributed by atoms with Crippen LogP contribution < -0.4 is 5.73 Å². The summed E-state index contributed by atoms with van der Waals surface area (Å²) in [7, 11) is 0. The molecule has 74 valence electrons. The minimum absolute atomic E-state index is 0.214. The Kier molecular flexibility index (Phi) is 2.32. The Labute approximate surface area is 81.2 Å². The summed E-state index contributed by atoms with van der Waals surface area (Å²) in [5.41, 5.74) is 6.16. The van der Waals surface area contributed by atoms with Crippen molar-refractivity contribution in [3.8, 4) is 5.75 Å². The first-order valence-electron chi connectivity index (χ1n) is 4.54. The van der Waals surface area contributed by atoms with Crippen molar-refractivity contribution >= 4 is 5.65 Å². The summed E-state index contributed by atoms with van der Waals surface area (Å²) in [4.78, 5) is 0. The molecule has 0 fully saturated rings. The average molecular weight is 192 g/mol. The van der Waals surface area contributed by atoms with E-state index in [0.29, 0.717) is 6.54 Å². The first kappa shape index (κ1) is 8.96. The molecule has 2 rings (SSSR count). The summed E-state index contributed by atoms with van der Waals surface area (Å²) in [5, 5.41) is 17.3. The van der Waals surface area contributed by atoms with Gasteiger partial charge in [0.1, 0.15) is 11.6 Å². The number of pyridine rings is 1. The van der Waals surface area contributed by atoms with Crippen LogP contribution in [0.5, 0.6) is 5.75 Å². The normalized spacial score (nSPS) is 10.9. The van der Waals surface area contributed by atoms with E-state index < -0.39 is 0 Å². The van der Waals surface area contributed by atoms with Crippen LogP contribution in [0.1, 0.15) is 12.2 Å². The van der Waals surface area contributed by atoms with Gasteiger partial charge < -0.3 is 10.8 Å². The fraction of sp³-hybridized carbons (Fsp3) is 0.333. The van der Waals surface area contributed by atoms with Crippen LogP contribution in [0, 0.1) is 0 Å². The van der Waals surface area contributed by atoms with Crippen LogP contribution in [0.25, 0.3) is 5.65 Å². The van der Waals surface area contributed by atoms with Crippen molar-refractivity contribution in [1.82, 2.24) is 14.6 Å². The molecule has 5 nitrogen and oxygen atoms in total. The molecule has 3 N–H and O–H groups in total. The summed E-state index contributed by atoms with van der Waals surface area (Å²) >= 11 is 0. The number of rotatable bonds is 3. The quantitative estimate of drug-likeness (QED) is 0.734. The number of aryl methyl sites for hydroxylation is 1. The summed E-state index contributed by atoms with van der Waals surface area (Å²) in [6.07, 6.45) is 3.26. The third-order valence-corrected chi connectivity index (χ3v) is 2.06. The minimum Gasteiger partial charge on any atom is -0.506 e. The lowest BCUT2D eigenvalue weighted by atomic mass is 10.3. The van der Waals surface area contributed by atoms with Crippen molar-refractivity contribution in [1.29, 1.82) is 0 Å². The smallest absolute Gasteiger partial charge is 0.161 e. The molecular formula is C9H12N4O. The van der Waals surface area contributed by atoms with Gasteiger partial charge in [-0.2, -0.15) is 0 Å². The van der Waals surface area contributed by atoms with Gasteiger partial charge in [0.25, 0.3) is 0 Å². The molecule has 0 spiro atoms. The maximum atomic E-state index is 9.30. The molecule has 0 aliphatic heterocycles. The first-order valence-corrected chi connectivity index (χ1v) is 4.54. The second kappa shape index (κ2) is 3.63. The van der Waals surface area contributed by atoms with Gasteiger partial charge in [0.15, 0.2) is 5.65 Å². The zero-order chi connectivity index (χ0) is 9.97. The number of nitrogens with zero attached hydrogens (tertiary/aromatic N) is 3. The van der Waals surface area contributed by atoms with Gasteiger partial charge in [0.2, 0.25) is 0 Å². The monoisotopic (exact) mass is 192 g/mol. The van der Waals surface area contributed by atoms with Crippen molar-refractivity contribution in [2.45, 2.75) is 12.8 Å². The second-order valence-electron chi connectivity index (χ2n) is 3.12. The van der Waals surface area contributed by atoms with Gasteiger partial charge in [-0.1, -0.05) is 0 Å². The fourth-order valence-electron chi connectivity index (χ4n) is 1.36. The van der Waals surface area contributed by atoms with E-state index in [1.165, 1.54) is 0 Å². The number of aromatic nitrogens is 3. The van der Waals surface area contributed by atoms with E-state index in [9.17, 15) is 5.11 Å². The van der Waals surface area contributed by atoms with Crippen LogP contribution in [-0.4, -0.2) is 26.2 Å². The number of hydrogen-bond donors (Lipinski definition) is 2. The number of nitrogens with two attached hydrogens (primary N) is 1. The molecular weight excluding hydrogens is 180 g/mol. The largest absolute Gasteiger partial charge is 0.506 e. The lowest BCUT2D eigenvalue weighted by Crippen LogP contribution is -2.03. The Morgan fingerprint density at radius 1 is 1.36 bits per heavy atom. The molecule has 0 unspecified atom stereocenters. The van der Waals surface area contributed by atoms with Gasteiger partial charge in [0, 0.05) is 6.42 Å². The van der Waals surface area contributed by atoms with Gasteiger partial charge >= 0.3 is 0 Å². The van der Waals surface area contributed by atoms with Gasteiger partial charge in [-0.25, -0.2) is 0 Å². The van der Waals surface area contributed by atoms with Gasteiger partial charge in [-0.3, -0.25) is 4.40 Å². The van der Waals surface area contributed by atoms with Crippen LogP contribution >= 0.6 is 0 Å². The van der Waals surface area contributed by atoms with Crippen molar-refractivity contribution in [3.63, 3.8) is 0 Å². The van der Waals surface area contributed by atoms with E-state index in [2.05, 4.69) is 10.2 Å². The molecule has 0 aromatic carbocycles. The summed E-state index contributed by atoms with van der Waals surface area (Å²) < 4.78 is 1.78. The Bertz CT molecular complexity index is 437. The Balaban J connectivity index is 2.40. The molecule has 0 saturated heterocycles. The molecule has 0 aliphatic carbocycles. The maximum Gasteiger partial charge on any atom is 0.161 e. The molecule has 2 aromatic heterocycles. The molecule has 0 aliphatic rings. The van der Waals surface area contributed by atoms with Crippen LogP contribution in [0.15, 0.2) is 18.3 Å². The topological polar surface area (TPSA) is 76.4 Å². The molecule has 0 atom stereocenters. The lowest BCUT2D eigenvalue weighted by Gasteiger charge is -1.98. The third-order valence-electron chi connectivity index (χ3n) is 2.06. The van der Waals surface area contributed by atoms with E-state index in [1.807, 2.05) is 0 Å². The molecule has 5 heteroatoms. The Morgan fingerprint density at radius 3 is 3.00 bits per heavy atom. The van der Waals surface area contributed by atoms with Crippen molar-refractivity contribution in [2.24, 2.45) is 5.73 Å². The lowest BCUT2D eigenvalue weighted by molar-refractivity contribution is 0.471. The highest BCUT2D eigenvalue weighted by Crippen LogP contribution is 2.12. The maximum absolute atomic E-state index is 9.30. The molecule has 0 bridgehead atoms. The van der Waals surface area contributed by atoms with E-state index in [0.717, 1.165) is 24.3 Å². The molecule has 0 saturated carbocycles. The zero-order valence-electron chi connectivity index (χ0n) is 7.72. The summed E-state index contributed by atoms with van der Waals surface area (Å²) in [6, 6.07) is 3.32. The second-order valence-corrected chi connectivity index (χ2v) is 3.12.